The third kappa shape index (κ3) is 5.71. The highest BCUT2D eigenvalue weighted by Gasteiger charge is 2.43. The van der Waals surface area contributed by atoms with Crippen molar-refractivity contribution in [2.45, 2.75) is 58.3 Å². The lowest BCUT2D eigenvalue weighted by atomic mass is 9.78. The van der Waals surface area contributed by atoms with E-state index in [4.69, 9.17) is 4.74 Å². The molecule has 0 spiro atoms. The number of methoxy groups -OCH3 is 1. The van der Waals surface area contributed by atoms with Crippen LogP contribution in [0.2, 0.25) is 0 Å². The van der Waals surface area contributed by atoms with E-state index in [0.29, 0.717) is 11.3 Å². The van der Waals surface area contributed by atoms with Crippen LogP contribution in [0.15, 0.2) is 36.4 Å². The summed E-state index contributed by atoms with van der Waals surface area (Å²) in [6.07, 6.45) is -4.68. The summed E-state index contributed by atoms with van der Waals surface area (Å²) in [5.41, 5.74) is 2.27. The van der Waals surface area contributed by atoms with Gasteiger partial charge in [0.2, 0.25) is 0 Å². The van der Waals surface area contributed by atoms with Crippen LogP contribution in [-0.2, 0) is 12.0 Å². The van der Waals surface area contributed by atoms with Gasteiger partial charge in [-0.15, -0.1) is 0 Å². The van der Waals surface area contributed by atoms with Crippen molar-refractivity contribution in [1.29, 1.82) is 0 Å². The summed E-state index contributed by atoms with van der Waals surface area (Å²) in [6, 6.07) is 7.90. The zero-order chi connectivity index (χ0) is 21.1. The van der Waals surface area contributed by atoms with E-state index in [2.05, 4.69) is 5.32 Å². The molecule has 0 bridgehead atoms. The fraction of sp³-hybridized carbons (Fsp3) is 0.455. The number of hydrogen-bond donors (Lipinski definition) is 1. The lowest BCUT2D eigenvalue weighted by Crippen LogP contribution is -2.45. The van der Waals surface area contributed by atoms with E-state index in [0.717, 1.165) is 16.7 Å². The first-order valence-corrected chi connectivity index (χ1v) is 9.13. The van der Waals surface area contributed by atoms with Gasteiger partial charge in [-0.25, -0.2) is 4.39 Å². The molecule has 0 radical (unpaired) electrons. The summed E-state index contributed by atoms with van der Waals surface area (Å²) >= 11 is 0. The summed E-state index contributed by atoms with van der Waals surface area (Å²) in [5, 5.41) is 2.65. The van der Waals surface area contributed by atoms with Crippen LogP contribution in [0.3, 0.4) is 0 Å². The second-order valence-electron chi connectivity index (χ2n) is 7.90. The summed E-state index contributed by atoms with van der Waals surface area (Å²) in [6.45, 7) is 7.26. The second kappa shape index (κ2) is 8.52. The van der Waals surface area contributed by atoms with Crippen LogP contribution < -0.4 is 10.1 Å². The molecule has 2 aromatic carbocycles. The first-order valence-electron chi connectivity index (χ1n) is 9.13. The number of alkyl halides is 3. The minimum atomic E-state index is -4.43. The van der Waals surface area contributed by atoms with E-state index in [1.165, 1.54) is 25.3 Å². The van der Waals surface area contributed by atoms with Crippen LogP contribution in [0.5, 0.6) is 5.75 Å². The van der Waals surface area contributed by atoms with Gasteiger partial charge in [0.05, 0.1) is 7.11 Å². The maximum atomic E-state index is 13.7. The molecule has 1 unspecified atom stereocenters. The van der Waals surface area contributed by atoms with Crippen LogP contribution in [0.4, 0.5) is 17.6 Å². The minimum Gasteiger partial charge on any atom is -0.496 e. The van der Waals surface area contributed by atoms with Gasteiger partial charge in [0.15, 0.2) is 0 Å². The van der Waals surface area contributed by atoms with Crippen molar-refractivity contribution in [3.8, 4) is 5.75 Å². The quantitative estimate of drug-likeness (QED) is 0.593. The van der Waals surface area contributed by atoms with Crippen molar-refractivity contribution < 1.29 is 22.3 Å². The molecule has 154 valence electrons. The molecular weight excluding hydrogens is 370 g/mol. The smallest absolute Gasteiger partial charge is 0.403 e. The van der Waals surface area contributed by atoms with Gasteiger partial charge in [-0.3, -0.25) is 0 Å². The van der Waals surface area contributed by atoms with Crippen LogP contribution in [0.1, 0.15) is 42.5 Å². The zero-order valence-electron chi connectivity index (χ0n) is 16.9. The Bertz CT molecular complexity index is 794. The van der Waals surface area contributed by atoms with Crippen molar-refractivity contribution in [3.63, 3.8) is 0 Å². The highest BCUT2D eigenvalue weighted by atomic mass is 19.4. The third-order valence-corrected chi connectivity index (χ3v) is 4.83. The Morgan fingerprint density at radius 2 is 1.61 bits per heavy atom. The zero-order valence-corrected chi connectivity index (χ0v) is 16.9. The number of hydrogen-bond acceptors (Lipinski definition) is 2. The number of nitrogens with one attached hydrogen (secondary N) is 1. The normalized spacial score (nSPS) is 13.5. The molecule has 0 aliphatic heterocycles. The highest BCUT2D eigenvalue weighted by Crippen LogP contribution is 2.38. The fourth-order valence-electron chi connectivity index (χ4n) is 3.55. The van der Waals surface area contributed by atoms with E-state index < -0.39 is 23.5 Å². The number of aryl methyl sites for hydroxylation is 2. The summed E-state index contributed by atoms with van der Waals surface area (Å²) in [4.78, 5) is 0. The van der Waals surface area contributed by atoms with E-state index in [1.54, 1.807) is 13.8 Å². The third-order valence-electron chi connectivity index (χ3n) is 4.83. The van der Waals surface area contributed by atoms with Crippen LogP contribution in [0, 0.1) is 19.7 Å². The van der Waals surface area contributed by atoms with Gasteiger partial charge in [-0.1, -0.05) is 43.2 Å². The molecule has 0 saturated carbocycles. The molecule has 28 heavy (non-hydrogen) atoms. The SMILES string of the molecule is COc1ccc(F)cc1C(C)(C)CC(NCc1cc(C)cc(C)c1)C(F)(F)F. The first-order chi connectivity index (χ1) is 12.9. The van der Waals surface area contributed by atoms with Crippen molar-refractivity contribution >= 4 is 0 Å². The van der Waals surface area contributed by atoms with E-state index >= 15 is 0 Å². The molecule has 0 amide bonds. The predicted molar refractivity (Wildman–Crippen MR) is 103 cm³/mol. The Morgan fingerprint density at radius 1 is 1.00 bits per heavy atom. The van der Waals surface area contributed by atoms with Gasteiger partial charge < -0.3 is 10.1 Å². The molecule has 1 atom stereocenters. The van der Waals surface area contributed by atoms with Crippen molar-refractivity contribution in [2.24, 2.45) is 0 Å². The van der Waals surface area contributed by atoms with Crippen molar-refractivity contribution in [3.05, 3.63) is 64.5 Å². The maximum Gasteiger partial charge on any atom is 0.403 e. The van der Waals surface area contributed by atoms with Gasteiger partial charge in [0, 0.05) is 12.1 Å². The topological polar surface area (TPSA) is 21.3 Å². The Morgan fingerprint density at radius 3 is 2.14 bits per heavy atom. The van der Waals surface area contributed by atoms with Gasteiger partial charge >= 0.3 is 6.18 Å². The van der Waals surface area contributed by atoms with Crippen molar-refractivity contribution in [1.82, 2.24) is 5.32 Å². The number of rotatable bonds is 7. The molecule has 0 saturated heterocycles. The number of halogens is 4. The summed E-state index contributed by atoms with van der Waals surface area (Å²) < 4.78 is 60.1. The summed E-state index contributed by atoms with van der Waals surface area (Å²) in [7, 11) is 1.42. The maximum absolute atomic E-state index is 13.7. The Hall–Kier alpha value is -2.08. The number of benzene rings is 2. The Kier molecular flexibility index (Phi) is 6.75. The second-order valence-corrected chi connectivity index (χ2v) is 7.90. The van der Waals surface area contributed by atoms with Crippen LogP contribution in [0.25, 0.3) is 0 Å². The molecule has 2 rings (SSSR count). The minimum absolute atomic E-state index is 0.100. The van der Waals surface area contributed by atoms with Crippen molar-refractivity contribution in [2.75, 3.05) is 7.11 Å². The van der Waals surface area contributed by atoms with Gasteiger partial charge in [-0.2, -0.15) is 13.2 Å². The lowest BCUT2D eigenvalue weighted by Gasteiger charge is -2.33. The van der Waals surface area contributed by atoms with Crippen LogP contribution in [-0.4, -0.2) is 19.3 Å². The lowest BCUT2D eigenvalue weighted by molar-refractivity contribution is -0.160. The fourth-order valence-corrected chi connectivity index (χ4v) is 3.55. The predicted octanol–water partition coefficient (Wildman–Crippen LogP) is 5.84. The Balaban J connectivity index is 2.25. The largest absolute Gasteiger partial charge is 0.496 e. The standard InChI is InChI=1S/C22H27F4NO/c1-14-8-15(2)10-16(9-14)13-27-20(22(24,25)26)12-21(3,4)18-11-17(23)6-7-19(18)28-5/h6-11,20,27H,12-13H2,1-5H3. The van der Waals surface area contributed by atoms with Gasteiger partial charge in [0.1, 0.15) is 17.6 Å². The molecule has 0 fully saturated rings. The monoisotopic (exact) mass is 397 g/mol. The average molecular weight is 397 g/mol. The molecular formula is C22H27F4NO. The molecule has 2 nitrogen and oxygen atoms in total. The van der Waals surface area contributed by atoms with E-state index in [9.17, 15) is 17.6 Å². The molecule has 0 heterocycles. The van der Waals surface area contributed by atoms with E-state index in [-0.39, 0.29) is 13.0 Å². The first kappa shape index (κ1) is 22.2. The molecule has 0 aromatic heterocycles. The van der Waals surface area contributed by atoms with E-state index in [1.807, 2.05) is 32.0 Å². The Labute approximate surface area is 163 Å². The van der Waals surface area contributed by atoms with Gasteiger partial charge in [-0.05, 0) is 49.4 Å². The average Bonchev–Trinajstić information content (AvgIpc) is 2.56. The van der Waals surface area contributed by atoms with Crippen LogP contribution >= 0.6 is 0 Å². The summed E-state index contributed by atoms with van der Waals surface area (Å²) in [5.74, 6) is -0.128. The molecule has 2 aromatic rings. The molecule has 0 aliphatic carbocycles. The highest BCUT2D eigenvalue weighted by molar-refractivity contribution is 5.39. The molecule has 0 aliphatic rings. The molecule has 6 heteroatoms. The number of ether oxygens (including phenoxy) is 1. The van der Waals surface area contributed by atoms with Gasteiger partial charge in [0.25, 0.3) is 0 Å². The molecule has 1 N–H and O–H groups in total.